The number of hydrogen-bond acceptors (Lipinski definition) is 2. The standard InChI is InChI=1S/C23H31ClN2O2/c1-4-6-8-11-15-26-17(3)16-21(27)22(20(26)14-7-5-2)23(28)25-19-13-10-9-12-18(19)24/h9-10,12-13,16H,4-8,11,14-15H2,1-3H3,(H,25,28). The zero-order valence-electron chi connectivity index (χ0n) is 17.2. The number of para-hydroxylation sites is 1. The lowest BCUT2D eigenvalue weighted by Crippen LogP contribution is -2.28. The summed E-state index contributed by atoms with van der Waals surface area (Å²) in [4.78, 5) is 25.8. The minimum atomic E-state index is -0.383. The largest absolute Gasteiger partial charge is 0.348 e. The van der Waals surface area contributed by atoms with E-state index in [1.807, 2.05) is 6.92 Å². The molecule has 152 valence electrons. The third-order valence-corrected chi connectivity index (χ3v) is 5.31. The van der Waals surface area contributed by atoms with Gasteiger partial charge in [-0.2, -0.15) is 0 Å². The van der Waals surface area contributed by atoms with Crippen molar-refractivity contribution in [3.05, 3.63) is 62.5 Å². The Morgan fingerprint density at radius 3 is 2.46 bits per heavy atom. The molecular formula is C23H31ClN2O2. The number of carbonyl (C=O) groups excluding carboxylic acids is 1. The highest BCUT2D eigenvalue weighted by Gasteiger charge is 2.20. The number of nitrogens with one attached hydrogen (secondary N) is 1. The number of aryl methyl sites for hydroxylation is 1. The number of pyridine rings is 1. The molecule has 1 N–H and O–H groups in total. The normalized spacial score (nSPS) is 10.9. The average molecular weight is 403 g/mol. The Balaban J connectivity index is 2.41. The van der Waals surface area contributed by atoms with Gasteiger partial charge in [0.15, 0.2) is 5.43 Å². The number of nitrogens with zero attached hydrogens (tertiary/aromatic N) is 1. The van der Waals surface area contributed by atoms with E-state index in [0.717, 1.165) is 43.6 Å². The lowest BCUT2D eigenvalue weighted by atomic mass is 10.0. The summed E-state index contributed by atoms with van der Waals surface area (Å²) in [7, 11) is 0. The number of amides is 1. The zero-order chi connectivity index (χ0) is 20.5. The molecule has 1 heterocycles. The minimum Gasteiger partial charge on any atom is -0.348 e. The number of carbonyl (C=O) groups is 1. The van der Waals surface area contributed by atoms with E-state index in [4.69, 9.17) is 11.6 Å². The molecule has 0 aliphatic heterocycles. The van der Waals surface area contributed by atoms with Gasteiger partial charge in [0.05, 0.1) is 10.7 Å². The number of unbranched alkanes of at least 4 members (excludes halogenated alkanes) is 4. The van der Waals surface area contributed by atoms with E-state index in [2.05, 4.69) is 23.7 Å². The fraction of sp³-hybridized carbons (Fsp3) is 0.478. The molecule has 0 fully saturated rings. The van der Waals surface area contributed by atoms with E-state index in [0.29, 0.717) is 17.1 Å². The average Bonchev–Trinajstić information content (AvgIpc) is 2.66. The number of halogens is 1. The summed E-state index contributed by atoms with van der Waals surface area (Å²) in [5.41, 5.74) is 2.30. The van der Waals surface area contributed by atoms with Gasteiger partial charge in [-0.3, -0.25) is 9.59 Å². The Labute approximate surface area is 172 Å². The molecule has 0 aliphatic carbocycles. The number of benzene rings is 1. The highest BCUT2D eigenvalue weighted by Crippen LogP contribution is 2.22. The van der Waals surface area contributed by atoms with Gasteiger partial charge in [-0.25, -0.2) is 0 Å². The van der Waals surface area contributed by atoms with Gasteiger partial charge in [-0.05, 0) is 38.3 Å². The van der Waals surface area contributed by atoms with Crippen LogP contribution in [0.25, 0.3) is 0 Å². The van der Waals surface area contributed by atoms with Gasteiger partial charge in [0, 0.05) is 24.0 Å². The van der Waals surface area contributed by atoms with Gasteiger partial charge >= 0.3 is 0 Å². The van der Waals surface area contributed by atoms with Crippen molar-refractivity contribution >= 4 is 23.2 Å². The summed E-state index contributed by atoms with van der Waals surface area (Å²) in [6, 6.07) is 8.65. The second-order valence-electron chi connectivity index (χ2n) is 7.22. The molecule has 1 aromatic heterocycles. The van der Waals surface area contributed by atoms with Crippen molar-refractivity contribution < 1.29 is 4.79 Å². The third kappa shape index (κ3) is 5.71. The minimum absolute atomic E-state index is 0.224. The topological polar surface area (TPSA) is 51.1 Å². The number of rotatable bonds is 10. The molecule has 0 aliphatic rings. The van der Waals surface area contributed by atoms with Gasteiger partial charge in [-0.1, -0.05) is 63.3 Å². The summed E-state index contributed by atoms with van der Waals surface area (Å²) >= 11 is 6.18. The van der Waals surface area contributed by atoms with Gasteiger partial charge in [0.2, 0.25) is 0 Å². The van der Waals surface area contributed by atoms with Crippen molar-refractivity contribution in [2.45, 2.75) is 72.3 Å². The van der Waals surface area contributed by atoms with Crippen LogP contribution in [0.4, 0.5) is 5.69 Å². The number of anilines is 1. The molecule has 0 atom stereocenters. The molecule has 2 rings (SSSR count). The summed E-state index contributed by atoms with van der Waals surface area (Å²) in [5, 5.41) is 3.28. The predicted octanol–water partition coefficient (Wildman–Crippen LogP) is 5.99. The molecule has 1 aromatic carbocycles. The highest BCUT2D eigenvalue weighted by molar-refractivity contribution is 6.33. The Kier molecular flexibility index (Phi) is 8.78. The maximum Gasteiger partial charge on any atom is 0.261 e. The van der Waals surface area contributed by atoms with Crippen molar-refractivity contribution in [3.63, 3.8) is 0 Å². The van der Waals surface area contributed by atoms with Crippen LogP contribution in [0.15, 0.2) is 35.1 Å². The molecule has 5 heteroatoms. The monoisotopic (exact) mass is 402 g/mol. The zero-order valence-corrected chi connectivity index (χ0v) is 17.9. The lowest BCUT2D eigenvalue weighted by molar-refractivity contribution is 0.102. The Morgan fingerprint density at radius 1 is 1.07 bits per heavy atom. The van der Waals surface area contributed by atoms with Crippen LogP contribution in [0, 0.1) is 6.92 Å². The van der Waals surface area contributed by atoms with Gasteiger partial charge in [-0.15, -0.1) is 0 Å². The first-order valence-electron chi connectivity index (χ1n) is 10.3. The van der Waals surface area contributed by atoms with Crippen LogP contribution in [0.2, 0.25) is 5.02 Å². The molecule has 0 unspecified atom stereocenters. The molecular weight excluding hydrogens is 372 g/mol. The van der Waals surface area contributed by atoms with Gasteiger partial charge in [0.25, 0.3) is 5.91 Å². The van der Waals surface area contributed by atoms with Crippen LogP contribution in [0.5, 0.6) is 0 Å². The third-order valence-electron chi connectivity index (χ3n) is 4.98. The van der Waals surface area contributed by atoms with Crippen LogP contribution in [0.3, 0.4) is 0 Å². The molecule has 1 amide bonds. The Hall–Kier alpha value is -2.07. The lowest BCUT2D eigenvalue weighted by Gasteiger charge is -2.20. The summed E-state index contributed by atoms with van der Waals surface area (Å²) in [5.74, 6) is -0.383. The number of hydrogen-bond donors (Lipinski definition) is 1. The van der Waals surface area contributed by atoms with E-state index < -0.39 is 0 Å². The summed E-state index contributed by atoms with van der Waals surface area (Å²) in [6.45, 7) is 7.08. The van der Waals surface area contributed by atoms with Crippen molar-refractivity contribution in [2.24, 2.45) is 0 Å². The molecule has 0 spiro atoms. The van der Waals surface area contributed by atoms with Crippen LogP contribution in [0.1, 0.15) is 74.1 Å². The van der Waals surface area contributed by atoms with Crippen molar-refractivity contribution in [3.8, 4) is 0 Å². The van der Waals surface area contributed by atoms with Crippen molar-refractivity contribution in [1.29, 1.82) is 0 Å². The highest BCUT2D eigenvalue weighted by atomic mass is 35.5. The molecule has 2 aromatic rings. The van der Waals surface area contributed by atoms with E-state index in [-0.39, 0.29) is 16.9 Å². The van der Waals surface area contributed by atoms with E-state index in [1.165, 1.54) is 12.8 Å². The van der Waals surface area contributed by atoms with Crippen LogP contribution in [-0.4, -0.2) is 10.5 Å². The smallest absolute Gasteiger partial charge is 0.261 e. The fourth-order valence-electron chi connectivity index (χ4n) is 3.43. The van der Waals surface area contributed by atoms with Crippen LogP contribution < -0.4 is 10.7 Å². The molecule has 28 heavy (non-hydrogen) atoms. The summed E-state index contributed by atoms with van der Waals surface area (Å²) < 4.78 is 2.16. The van der Waals surface area contributed by atoms with Crippen LogP contribution in [-0.2, 0) is 13.0 Å². The summed E-state index contributed by atoms with van der Waals surface area (Å²) in [6.07, 6.45) is 7.22. The Bertz CT molecular complexity index is 858. The molecule has 0 radical (unpaired) electrons. The maximum absolute atomic E-state index is 13.0. The predicted molar refractivity (Wildman–Crippen MR) is 118 cm³/mol. The quantitative estimate of drug-likeness (QED) is 0.496. The molecule has 4 nitrogen and oxygen atoms in total. The van der Waals surface area contributed by atoms with E-state index in [9.17, 15) is 9.59 Å². The van der Waals surface area contributed by atoms with Gasteiger partial charge in [0.1, 0.15) is 5.56 Å². The van der Waals surface area contributed by atoms with Crippen molar-refractivity contribution in [2.75, 3.05) is 5.32 Å². The molecule has 0 saturated heterocycles. The first-order valence-corrected chi connectivity index (χ1v) is 10.7. The second-order valence-corrected chi connectivity index (χ2v) is 7.63. The molecule has 0 bridgehead atoms. The van der Waals surface area contributed by atoms with Crippen molar-refractivity contribution in [1.82, 2.24) is 4.57 Å². The first-order chi connectivity index (χ1) is 13.5. The maximum atomic E-state index is 13.0. The molecule has 0 saturated carbocycles. The van der Waals surface area contributed by atoms with E-state index in [1.54, 1.807) is 30.3 Å². The van der Waals surface area contributed by atoms with E-state index >= 15 is 0 Å². The SMILES string of the molecule is CCCCCCn1c(C)cc(=O)c(C(=O)Nc2ccccc2Cl)c1CCCC. The van der Waals surface area contributed by atoms with Crippen LogP contribution >= 0.6 is 11.6 Å². The van der Waals surface area contributed by atoms with Gasteiger partial charge < -0.3 is 9.88 Å². The fourth-order valence-corrected chi connectivity index (χ4v) is 3.62. The number of aromatic nitrogens is 1. The first kappa shape index (κ1) is 22.2. The Morgan fingerprint density at radius 2 is 1.79 bits per heavy atom. The second kappa shape index (κ2) is 11.1.